The number of hydrogen-bond donors (Lipinski definition) is 3. The van der Waals surface area contributed by atoms with Crippen LogP contribution in [0.3, 0.4) is 0 Å². The second-order valence-corrected chi connectivity index (χ2v) is 4.68. The molecule has 0 spiro atoms. The second-order valence-electron chi connectivity index (χ2n) is 4.68. The van der Waals surface area contributed by atoms with Crippen molar-refractivity contribution in [3.63, 3.8) is 0 Å². The summed E-state index contributed by atoms with van der Waals surface area (Å²) in [5.74, 6) is -0.868. The van der Waals surface area contributed by atoms with E-state index in [4.69, 9.17) is 0 Å². The lowest BCUT2D eigenvalue weighted by atomic mass is 10.2. The van der Waals surface area contributed by atoms with Gasteiger partial charge in [0.1, 0.15) is 5.82 Å². The number of urea groups is 1. The number of nitrogens with one attached hydrogen (secondary N) is 3. The Hall–Kier alpha value is -2.89. The van der Waals surface area contributed by atoms with E-state index in [1.807, 2.05) is 6.07 Å². The van der Waals surface area contributed by atoms with Gasteiger partial charge >= 0.3 is 6.03 Å². The van der Waals surface area contributed by atoms with E-state index in [0.29, 0.717) is 11.4 Å². The Morgan fingerprint density at radius 2 is 1.77 bits per heavy atom. The van der Waals surface area contributed by atoms with Gasteiger partial charge in [0.05, 0.1) is 6.54 Å². The van der Waals surface area contributed by atoms with E-state index in [1.54, 1.807) is 37.3 Å². The third-order valence-electron chi connectivity index (χ3n) is 2.91. The molecule has 0 aliphatic heterocycles. The lowest BCUT2D eigenvalue weighted by molar-refractivity contribution is -0.115. The number of aryl methyl sites for hydroxylation is 1. The van der Waals surface area contributed by atoms with Crippen LogP contribution in [0, 0.1) is 12.7 Å². The maximum absolute atomic E-state index is 13.1. The van der Waals surface area contributed by atoms with Gasteiger partial charge in [0.2, 0.25) is 5.91 Å². The Bertz CT molecular complexity index is 674. The van der Waals surface area contributed by atoms with Gasteiger partial charge in [-0.2, -0.15) is 0 Å². The molecule has 0 unspecified atom stereocenters. The summed E-state index contributed by atoms with van der Waals surface area (Å²) in [4.78, 5) is 23.4. The van der Waals surface area contributed by atoms with Crippen LogP contribution in [-0.4, -0.2) is 18.5 Å². The maximum atomic E-state index is 13.1. The van der Waals surface area contributed by atoms with Crippen LogP contribution in [0.5, 0.6) is 0 Å². The van der Waals surface area contributed by atoms with Gasteiger partial charge in [-0.05, 0) is 36.8 Å². The van der Waals surface area contributed by atoms with Gasteiger partial charge in [-0.3, -0.25) is 4.79 Å². The van der Waals surface area contributed by atoms with Crippen molar-refractivity contribution in [2.45, 2.75) is 6.92 Å². The molecule has 2 rings (SSSR count). The van der Waals surface area contributed by atoms with Gasteiger partial charge in [0, 0.05) is 11.4 Å². The number of halogens is 1. The number of carbonyl (C=O) groups is 2. The summed E-state index contributed by atoms with van der Waals surface area (Å²) < 4.78 is 13.1. The van der Waals surface area contributed by atoms with E-state index < -0.39 is 17.8 Å². The van der Waals surface area contributed by atoms with Gasteiger partial charge in [0.15, 0.2) is 0 Å². The zero-order chi connectivity index (χ0) is 15.9. The van der Waals surface area contributed by atoms with E-state index in [9.17, 15) is 14.0 Å². The number of amides is 3. The summed E-state index contributed by atoms with van der Waals surface area (Å²) in [6.07, 6.45) is 0. The van der Waals surface area contributed by atoms with Crippen LogP contribution in [0.2, 0.25) is 0 Å². The quantitative estimate of drug-likeness (QED) is 0.812. The van der Waals surface area contributed by atoms with Gasteiger partial charge < -0.3 is 16.0 Å². The van der Waals surface area contributed by atoms with Gasteiger partial charge in [-0.1, -0.05) is 24.3 Å². The van der Waals surface area contributed by atoms with Crippen LogP contribution >= 0.6 is 0 Å². The molecule has 22 heavy (non-hydrogen) atoms. The molecule has 3 amide bonds. The largest absolute Gasteiger partial charge is 0.329 e. The molecule has 0 bridgehead atoms. The zero-order valence-electron chi connectivity index (χ0n) is 12.0. The van der Waals surface area contributed by atoms with Crippen LogP contribution < -0.4 is 16.0 Å². The van der Waals surface area contributed by atoms with Crippen molar-refractivity contribution in [2.24, 2.45) is 0 Å². The van der Waals surface area contributed by atoms with Crippen molar-refractivity contribution < 1.29 is 14.0 Å². The highest BCUT2D eigenvalue weighted by Gasteiger charge is 2.08. The number of hydrogen-bond acceptors (Lipinski definition) is 2. The van der Waals surface area contributed by atoms with Gasteiger partial charge in [0.25, 0.3) is 0 Å². The van der Waals surface area contributed by atoms with Crippen LogP contribution in [0.4, 0.5) is 20.6 Å². The summed E-state index contributed by atoms with van der Waals surface area (Å²) in [5.41, 5.74) is 1.75. The highest BCUT2D eigenvalue weighted by Crippen LogP contribution is 2.15. The van der Waals surface area contributed by atoms with Crippen LogP contribution in [-0.2, 0) is 4.79 Å². The molecule has 3 N–H and O–H groups in total. The molecule has 2 aromatic rings. The normalized spacial score (nSPS) is 9.91. The topological polar surface area (TPSA) is 70.2 Å². The molecular formula is C16H16FN3O2. The average Bonchev–Trinajstić information content (AvgIpc) is 2.50. The number of para-hydroxylation sites is 1. The van der Waals surface area contributed by atoms with Crippen molar-refractivity contribution in [3.05, 3.63) is 59.9 Å². The maximum Gasteiger partial charge on any atom is 0.319 e. The van der Waals surface area contributed by atoms with Crippen molar-refractivity contribution >= 4 is 23.3 Å². The molecule has 0 fully saturated rings. The Kier molecular flexibility index (Phi) is 5.08. The fourth-order valence-electron chi connectivity index (χ4n) is 1.78. The number of anilines is 2. The average molecular weight is 301 g/mol. The minimum atomic E-state index is -0.489. The highest BCUT2D eigenvalue weighted by molar-refractivity contribution is 5.97. The Morgan fingerprint density at radius 1 is 1.05 bits per heavy atom. The first-order valence-electron chi connectivity index (χ1n) is 6.70. The summed E-state index contributed by atoms with van der Waals surface area (Å²) in [6, 6.07) is 12.5. The fourth-order valence-corrected chi connectivity index (χ4v) is 1.78. The lowest BCUT2D eigenvalue weighted by Crippen LogP contribution is -2.35. The first-order chi connectivity index (χ1) is 10.5. The van der Waals surface area contributed by atoms with Crippen molar-refractivity contribution in [1.29, 1.82) is 0 Å². The predicted octanol–water partition coefficient (Wildman–Crippen LogP) is 2.89. The Labute approximate surface area is 127 Å². The van der Waals surface area contributed by atoms with Crippen LogP contribution in [0.1, 0.15) is 5.56 Å². The summed E-state index contributed by atoms with van der Waals surface area (Å²) in [7, 11) is 0. The molecular weight excluding hydrogens is 285 g/mol. The van der Waals surface area contributed by atoms with E-state index >= 15 is 0 Å². The third kappa shape index (κ3) is 4.59. The molecule has 0 aromatic heterocycles. The number of rotatable bonds is 4. The molecule has 0 radical (unpaired) electrons. The molecule has 2 aromatic carbocycles. The molecule has 0 atom stereocenters. The third-order valence-corrected chi connectivity index (χ3v) is 2.91. The first kappa shape index (κ1) is 15.5. The Morgan fingerprint density at radius 3 is 2.50 bits per heavy atom. The van der Waals surface area contributed by atoms with Crippen LogP contribution in [0.25, 0.3) is 0 Å². The highest BCUT2D eigenvalue weighted by atomic mass is 19.1. The van der Waals surface area contributed by atoms with E-state index in [0.717, 1.165) is 5.56 Å². The van der Waals surface area contributed by atoms with E-state index in [-0.39, 0.29) is 6.54 Å². The van der Waals surface area contributed by atoms with Gasteiger partial charge in [-0.15, -0.1) is 0 Å². The van der Waals surface area contributed by atoms with Crippen LogP contribution in [0.15, 0.2) is 48.5 Å². The molecule has 0 aliphatic rings. The SMILES string of the molecule is Cc1ccc(F)cc1NC(=O)CNC(=O)Nc1ccccc1. The minimum absolute atomic E-state index is 0.214. The molecule has 6 heteroatoms. The monoisotopic (exact) mass is 301 g/mol. The summed E-state index contributed by atoms with van der Waals surface area (Å²) in [6.45, 7) is 1.54. The fraction of sp³-hybridized carbons (Fsp3) is 0.125. The van der Waals surface area contributed by atoms with Crippen molar-refractivity contribution in [2.75, 3.05) is 17.2 Å². The van der Waals surface area contributed by atoms with Gasteiger partial charge in [-0.25, -0.2) is 9.18 Å². The summed E-state index contributed by atoms with van der Waals surface area (Å²) in [5, 5.41) is 7.57. The van der Waals surface area contributed by atoms with E-state index in [2.05, 4.69) is 16.0 Å². The molecule has 114 valence electrons. The minimum Gasteiger partial charge on any atom is -0.329 e. The smallest absolute Gasteiger partial charge is 0.319 e. The predicted molar refractivity (Wildman–Crippen MR) is 83.2 cm³/mol. The zero-order valence-corrected chi connectivity index (χ0v) is 12.0. The molecule has 0 heterocycles. The molecule has 0 saturated carbocycles. The lowest BCUT2D eigenvalue weighted by Gasteiger charge is -2.10. The van der Waals surface area contributed by atoms with Crippen molar-refractivity contribution in [3.8, 4) is 0 Å². The first-order valence-corrected chi connectivity index (χ1v) is 6.70. The molecule has 0 aliphatic carbocycles. The number of carbonyl (C=O) groups excluding carboxylic acids is 2. The molecule has 0 saturated heterocycles. The van der Waals surface area contributed by atoms with E-state index in [1.165, 1.54) is 12.1 Å². The van der Waals surface area contributed by atoms with Crippen molar-refractivity contribution in [1.82, 2.24) is 5.32 Å². The Balaban J connectivity index is 1.82. The standard InChI is InChI=1S/C16H16FN3O2/c1-11-7-8-12(17)9-14(11)20-15(21)10-18-16(22)19-13-5-3-2-4-6-13/h2-9H,10H2,1H3,(H,20,21)(H2,18,19,22). The summed E-state index contributed by atoms with van der Waals surface area (Å²) >= 11 is 0. The number of benzene rings is 2. The molecule has 5 nitrogen and oxygen atoms in total. The second kappa shape index (κ2) is 7.21.